The quantitative estimate of drug-likeness (QED) is 0.182. The molecule has 3 aromatic heterocycles. The van der Waals surface area contributed by atoms with Crippen LogP contribution in [0, 0.1) is 11.3 Å². The predicted molar refractivity (Wildman–Crippen MR) is 246 cm³/mol. The number of urea groups is 1. The number of carbonyl (C=O) groups excluding carboxylic acids is 4. The Balaban J connectivity index is 1.31. The molecule has 6 heterocycles. The second-order valence-electron chi connectivity index (χ2n) is 19.0. The van der Waals surface area contributed by atoms with Crippen molar-refractivity contribution < 1.29 is 33.8 Å². The van der Waals surface area contributed by atoms with E-state index in [1.807, 2.05) is 52.4 Å². The van der Waals surface area contributed by atoms with Gasteiger partial charge in [0.05, 0.1) is 36.4 Å². The lowest BCUT2D eigenvalue weighted by molar-refractivity contribution is -0.150. The first-order chi connectivity index (χ1) is 30.4. The SMILES string of the molecule is CCn1c(-c2cccnc2[C@H](C)OC)c2c3cc(ccc31)-c1csc(n1)[C@@H](O)[C@H](NC(=O)[C@H](C(C)C)N(C)C(=O)N1CC(N(C)C)C1)C(=O)N1CCCC(C=O)(COCC(C)(C)C2)N1. The smallest absolute Gasteiger partial charge is 0.320 e. The van der Waals surface area contributed by atoms with Gasteiger partial charge in [-0.2, -0.15) is 0 Å². The molecule has 7 rings (SSSR count). The largest absolute Gasteiger partial charge is 0.383 e. The standard InChI is InChI=1S/C47H65N9O7S/c1-11-55-36-16-15-30-20-33(36)34(40(55)32-14-12-18-48-37(32)29(4)62-10)21-46(5,6)26-63-27-47(25-57)17-13-19-56(51-47)44(60)38(41(58)43-49-35(30)24-64-43)50-42(59)39(28(2)3)53(9)45(61)54-22-31(23-54)52(7)8/h12,14-16,18,20,24-25,28-29,31,38-39,41,51,58H,11,13,17,19,21-23,26-27H2,1-10H3,(H,50,59)/t29-,38-,39-,41-,47?/m0/s1. The van der Waals surface area contributed by atoms with Crippen LogP contribution in [0.5, 0.6) is 0 Å². The first-order valence-electron chi connectivity index (χ1n) is 22.3. The molecule has 2 saturated heterocycles. The summed E-state index contributed by atoms with van der Waals surface area (Å²) in [5.74, 6) is -1.58. The Hall–Kier alpha value is -4.78. The van der Waals surface area contributed by atoms with Crippen LogP contribution in [-0.2, 0) is 36.8 Å². The van der Waals surface area contributed by atoms with E-state index >= 15 is 0 Å². The van der Waals surface area contributed by atoms with Crippen molar-refractivity contribution in [2.24, 2.45) is 11.3 Å². The van der Waals surface area contributed by atoms with Gasteiger partial charge >= 0.3 is 6.03 Å². The maximum atomic E-state index is 14.7. The van der Waals surface area contributed by atoms with Crippen molar-refractivity contribution in [2.45, 2.75) is 103 Å². The molecule has 3 aliphatic rings. The molecule has 5 atom stereocenters. The van der Waals surface area contributed by atoms with Crippen molar-refractivity contribution in [3.8, 4) is 22.5 Å². The predicted octanol–water partition coefficient (Wildman–Crippen LogP) is 5.06. The second kappa shape index (κ2) is 19.0. The van der Waals surface area contributed by atoms with Gasteiger partial charge < -0.3 is 44.0 Å². The molecular formula is C47H65N9O7S. The van der Waals surface area contributed by atoms with Gasteiger partial charge in [-0.15, -0.1) is 11.3 Å². The summed E-state index contributed by atoms with van der Waals surface area (Å²) >= 11 is 1.19. The van der Waals surface area contributed by atoms with Crippen molar-refractivity contribution in [1.29, 1.82) is 0 Å². The number of nitrogens with zero attached hydrogens (tertiary/aromatic N) is 7. The number of benzene rings is 1. The third-order valence-electron chi connectivity index (χ3n) is 13.1. The summed E-state index contributed by atoms with van der Waals surface area (Å²) in [6, 6.07) is 7.73. The van der Waals surface area contributed by atoms with E-state index in [0.717, 1.165) is 45.3 Å². The fourth-order valence-electron chi connectivity index (χ4n) is 9.40. The highest BCUT2D eigenvalue weighted by atomic mass is 32.1. The van der Waals surface area contributed by atoms with E-state index in [1.165, 1.54) is 21.2 Å². The van der Waals surface area contributed by atoms with Gasteiger partial charge in [-0.3, -0.25) is 19.6 Å². The number of aliphatic hydroxyl groups is 1. The topological polar surface area (TPSA) is 175 Å². The number of aromatic nitrogens is 3. The lowest BCUT2D eigenvalue weighted by Gasteiger charge is -2.45. The molecule has 17 heteroatoms. The Morgan fingerprint density at radius 3 is 2.58 bits per heavy atom. The van der Waals surface area contributed by atoms with Crippen LogP contribution in [0.1, 0.15) is 82.9 Å². The number of likely N-dealkylation sites (tertiary alicyclic amines) is 1. The lowest BCUT2D eigenvalue weighted by Crippen LogP contribution is -2.67. The van der Waals surface area contributed by atoms with E-state index < -0.39 is 41.0 Å². The van der Waals surface area contributed by atoms with Gasteiger partial charge in [0.15, 0.2) is 0 Å². The molecule has 346 valence electrons. The van der Waals surface area contributed by atoms with E-state index in [0.29, 0.717) is 51.2 Å². The number of aryl methyl sites for hydroxylation is 1. The van der Waals surface area contributed by atoms with E-state index in [9.17, 15) is 24.3 Å². The van der Waals surface area contributed by atoms with Gasteiger partial charge in [0.25, 0.3) is 5.91 Å². The Morgan fingerprint density at radius 1 is 1.16 bits per heavy atom. The van der Waals surface area contributed by atoms with Crippen LogP contribution < -0.4 is 10.7 Å². The molecule has 64 heavy (non-hydrogen) atoms. The molecule has 4 amide bonds. The van der Waals surface area contributed by atoms with Crippen LogP contribution in [0.25, 0.3) is 33.4 Å². The summed E-state index contributed by atoms with van der Waals surface area (Å²) in [7, 11) is 7.20. The van der Waals surface area contributed by atoms with Gasteiger partial charge in [-0.1, -0.05) is 33.8 Å². The molecule has 4 aromatic rings. The minimum Gasteiger partial charge on any atom is -0.383 e. The maximum Gasteiger partial charge on any atom is 0.320 e. The summed E-state index contributed by atoms with van der Waals surface area (Å²) < 4.78 is 14.6. The van der Waals surface area contributed by atoms with Crippen molar-refractivity contribution in [3.05, 3.63) is 58.2 Å². The number of hydrogen-bond donors (Lipinski definition) is 3. The molecular weight excluding hydrogens is 835 g/mol. The van der Waals surface area contributed by atoms with E-state index in [-0.39, 0.29) is 42.3 Å². The maximum absolute atomic E-state index is 14.7. The van der Waals surface area contributed by atoms with E-state index in [1.54, 1.807) is 25.3 Å². The zero-order valence-corrected chi connectivity index (χ0v) is 39.7. The van der Waals surface area contributed by atoms with E-state index in [2.05, 4.69) is 59.2 Å². The Kier molecular flexibility index (Phi) is 14.0. The van der Waals surface area contributed by atoms with Gasteiger partial charge in [-0.05, 0) is 88.4 Å². The van der Waals surface area contributed by atoms with Crippen LogP contribution in [0.3, 0.4) is 0 Å². The number of likely N-dealkylation sites (N-methyl/N-ethyl adjacent to an activating group) is 2. The summed E-state index contributed by atoms with van der Waals surface area (Å²) in [6.07, 6.45) is 2.22. The highest BCUT2D eigenvalue weighted by Gasteiger charge is 2.44. The first kappa shape index (κ1) is 47.2. The summed E-state index contributed by atoms with van der Waals surface area (Å²) in [5.41, 5.74) is 7.88. The van der Waals surface area contributed by atoms with Crippen molar-refractivity contribution >= 4 is 46.4 Å². The lowest BCUT2D eigenvalue weighted by atomic mass is 9.84. The molecule has 0 spiro atoms. The molecule has 6 bridgehead atoms. The summed E-state index contributed by atoms with van der Waals surface area (Å²) in [5, 5.41) is 19.5. The molecule has 2 fully saturated rings. The number of hydrazine groups is 1. The molecule has 1 aromatic carbocycles. The fraction of sp³-hybridized carbons (Fsp3) is 0.574. The van der Waals surface area contributed by atoms with E-state index in [4.69, 9.17) is 19.4 Å². The molecule has 3 N–H and O–H groups in total. The summed E-state index contributed by atoms with van der Waals surface area (Å²) in [4.78, 5) is 70.8. The molecule has 1 unspecified atom stereocenters. The highest BCUT2D eigenvalue weighted by molar-refractivity contribution is 7.10. The number of pyridine rings is 1. The molecule has 0 aliphatic carbocycles. The van der Waals surface area contributed by atoms with Crippen LogP contribution >= 0.6 is 11.3 Å². The number of fused-ring (bicyclic) bond motifs is 6. The molecule has 3 aliphatic heterocycles. The van der Waals surface area contributed by atoms with Crippen LogP contribution in [0.2, 0.25) is 0 Å². The number of aliphatic hydroxyl groups excluding tert-OH is 1. The number of ether oxygens (including phenoxy) is 2. The number of rotatable bonds is 10. The van der Waals surface area contributed by atoms with Gasteiger partial charge in [0.1, 0.15) is 35.0 Å². The van der Waals surface area contributed by atoms with Crippen molar-refractivity contribution in [3.63, 3.8) is 0 Å². The zero-order chi connectivity index (χ0) is 46.2. The molecule has 0 saturated carbocycles. The first-order valence-corrected chi connectivity index (χ1v) is 23.2. The number of amides is 4. The zero-order valence-electron chi connectivity index (χ0n) is 38.9. The average molecular weight is 900 g/mol. The van der Waals surface area contributed by atoms with Gasteiger partial charge in [0, 0.05) is 80.0 Å². The molecule has 16 nitrogen and oxygen atoms in total. The number of aldehydes is 1. The average Bonchev–Trinajstić information content (AvgIpc) is 3.86. The van der Waals surface area contributed by atoms with Crippen molar-refractivity contribution in [1.82, 2.24) is 45.0 Å². The van der Waals surface area contributed by atoms with Gasteiger partial charge in [0.2, 0.25) is 5.91 Å². The minimum atomic E-state index is -1.58. The number of carbonyl (C=O) groups is 4. The van der Waals surface area contributed by atoms with Gasteiger partial charge in [-0.25, -0.2) is 15.2 Å². The fourth-order valence-corrected chi connectivity index (χ4v) is 10.2. The van der Waals surface area contributed by atoms with Crippen LogP contribution in [-0.4, -0.2) is 148 Å². The minimum absolute atomic E-state index is 0.0154. The Bertz CT molecular complexity index is 2360. The number of methoxy groups -OCH3 is 1. The number of nitrogens with one attached hydrogen (secondary N) is 2. The van der Waals surface area contributed by atoms with Crippen molar-refractivity contribution in [2.75, 3.05) is 61.1 Å². The molecule has 0 radical (unpaired) electrons. The highest BCUT2D eigenvalue weighted by Crippen LogP contribution is 2.42. The van der Waals surface area contributed by atoms with Crippen LogP contribution in [0.15, 0.2) is 41.9 Å². The Morgan fingerprint density at radius 2 is 1.91 bits per heavy atom. The third-order valence-corrected chi connectivity index (χ3v) is 14.0. The summed E-state index contributed by atoms with van der Waals surface area (Å²) in [6.45, 7) is 14.3. The number of thiazole rings is 1. The second-order valence-corrected chi connectivity index (χ2v) is 19.9. The normalized spacial score (nSPS) is 22.9. The Labute approximate surface area is 380 Å². The number of hydrogen-bond acceptors (Lipinski definition) is 12. The van der Waals surface area contributed by atoms with Crippen LogP contribution in [0.4, 0.5) is 4.79 Å². The third kappa shape index (κ3) is 9.20. The monoisotopic (exact) mass is 899 g/mol.